The Labute approximate surface area is 208 Å². The monoisotopic (exact) mass is 506 g/mol. The number of likely N-dealkylation sites (tertiary alicyclic amines) is 2. The van der Waals surface area contributed by atoms with Crippen molar-refractivity contribution >= 4 is 22.7 Å². The summed E-state index contributed by atoms with van der Waals surface area (Å²) in [5.41, 5.74) is 6.38. The van der Waals surface area contributed by atoms with Crippen LogP contribution in [0.2, 0.25) is 0 Å². The van der Waals surface area contributed by atoms with Gasteiger partial charge < -0.3 is 20.9 Å². The molecule has 2 aromatic rings. The van der Waals surface area contributed by atoms with Crippen LogP contribution in [0.15, 0.2) is 29.6 Å². The number of hydrogen-bond acceptors (Lipinski definition) is 6. The Kier molecular flexibility index (Phi) is 7.58. The molecule has 1 amide bonds. The minimum atomic E-state index is -4.51. The van der Waals surface area contributed by atoms with Crippen molar-refractivity contribution in [2.75, 3.05) is 26.2 Å². The summed E-state index contributed by atoms with van der Waals surface area (Å²) in [5.74, 6) is -0.0740. The van der Waals surface area contributed by atoms with E-state index in [2.05, 4.69) is 25.1 Å². The molecule has 0 spiro atoms. The lowest BCUT2D eigenvalue weighted by Crippen LogP contribution is -2.41. The van der Waals surface area contributed by atoms with Crippen LogP contribution in [-0.2, 0) is 22.2 Å². The topological polar surface area (TPSA) is 107 Å². The molecule has 8 nitrogen and oxygen atoms in total. The Morgan fingerprint density at radius 3 is 2.64 bits per heavy atom. The number of hydrogen-bond donors (Lipinski definition) is 3. The van der Waals surface area contributed by atoms with Crippen LogP contribution in [-0.4, -0.2) is 69.7 Å². The predicted molar refractivity (Wildman–Crippen MR) is 130 cm³/mol. The number of carbonyl (C=O) groups is 2. The number of nitrogens with zero attached hydrogens (tertiary/aromatic N) is 3. The van der Waals surface area contributed by atoms with Crippen molar-refractivity contribution in [2.24, 2.45) is 5.73 Å². The van der Waals surface area contributed by atoms with Gasteiger partial charge in [0.25, 0.3) is 0 Å². The number of ketones is 1. The first-order valence-electron chi connectivity index (χ1n) is 12.3. The second-order valence-electron chi connectivity index (χ2n) is 9.77. The Hall–Kier alpha value is -3.08. The zero-order valence-electron chi connectivity index (χ0n) is 20.6. The summed E-state index contributed by atoms with van der Waals surface area (Å²) >= 11 is 0. The van der Waals surface area contributed by atoms with Crippen LogP contribution >= 0.6 is 0 Å². The molecule has 4 N–H and O–H groups in total. The number of para-hydroxylation sites is 1. The van der Waals surface area contributed by atoms with E-state index in [1.165, 1.54) is 12.1 Å². The van der Waals surface area contributed by atoms with Gasteiger partial charge in [-0.15, -0.1) is 0 Å². The summed E-state index contributed by atoms with van der Waals surface area (Å²) in [6.45, 7) is 6.44. The highest BCUT2D eigenvalue weighted by Crippen LogP contribution is 2.33. The molecule has 2 saturated heterocycles. The lowest BCUT2D eigenvalue weighted by atomic mass is 10.1. The number of Topliss-reactive ketones (excluding diaryl/α,β-unsaturated/α-hetero) is 1. The van der Waals surface area contributed by atoms with Crippen LogP contribution in [0.5, 0.6) is 0 Å². The number of benzene rings is 1. The Morgan fingerprint density at radius 2 is 1.94 bits per heavy atom. The van der Waals surface area contributed by atoms with E-state index in [0.717, 1.165) is 57.9 Å². The van der Waals surface area contributed by atoms with Crippen LogP contribution in [0.4, 0.5) is 13.2 Å². The highest BCUT2D eigenvalue weighted by molar-refractivity contribution is 5.93. The number of allylic oxidation sites excluding steroid dienone is 2. The summed E-state index contributed by atoms with van der Waals surface area (Å²) in [6.07, 6.45) is -0.945. The van der Waals surface area contributed by atoms with Gasteiger partial charge in [-0.05, 0) is 44.7 Å². The number of aromatic amines is 1. The summed E-state index contributed by atoms with van der Waals surface area (Å²) in [4.78, 5) is 36.0. The van der Waals surface area contributed by atoms with Crippen molar-refractivity contribution < 1.29 is 22.8 Å². The van der Waals surface area contributed by atoms with E-state index >= 15 is 0 Å². The van der Waals surface area contributed by atoms with E-state index in [4.69, 9.17) is 5.73 Å². The van der Waals surface area contributed by atoms with Gasteiger partial charge in [-0.1, -0.05) is 6.07 Å². The molecular weight excluding hydrogens is 473 g/mol. The number of nitrogens with two attached hydrogens (primary N) is 1. The summed E-state index contributed by atoms with van der Waals surface area (Å²) in [5, 5.41) is 3.02. The highest BCUT2D eigenvalue weighted by atomic mass is 19.4. The van der Waals surface area contributed by atoms with Crippen molar-refractivity contribution in [3.63, 3.8) is 0 Å². The summed E-state index contributed by atoms with van der Waals surface area (Å²) in [6, 6.07) is 4.17. The largest absolute Gasteiger partial charge is 0.418 e. The third kappa shape index (κ3) is 5.83. The van der Waals surface area contributed by atoms with E-state index in [1.54, 1.807) is 13.8 Å². The summed E-state index contributed by atoms with van der Waals surface area (Å²) < 4.78 is 39.7. The maximum atomic E-state index is 13.2. The van der Waals surface area contributed by atoms with E-state index in [-0.39, 0.29) is 41.0 Å². The lowest BCUT2D eigenvalue weighted by molar-refractivity contribution is -0.136. The average molecular weight is 507 g/mol. The van der Waals surface area contributed by atoms with Crippen molar-refractivity contribution in [1.82, 2.24) is 25.1 Å². The number of alkyl halides is 3. The quantitative estimate of drug-likeness (QED) is 0.520. The van der Waals surface area contributed by atoms with Crippen LogP contribution in [0.3, 0.4) is 0 Å². The molecule has 2 atom stereocenters. The second kappa shape index (κ2) is 10.5. The van der Waals surface area contributed by atoms with Gasteiger partial charge in [-0.25, -0.2) is 4.98 Å². The molecular formula is C25H33F3N6O2. The molecule has 1 aromatic heterocycles. The first-order chi connectivity index (χ1) is 17.0. The smallest absolute Gasteiger partial charge is 0.400 e. The average Bonchev–Trinajstić information content (AvgIpc) is 3.33. The number of fused-ring (bicyclic) bond motifs is 1. The maximum absolute atomic E-state index is 13.2. The molecule has 0 saturated carbocycles. The minimum absolute atomic E-state index is 0.0171. The Balaban J connectivity index is 1.31. The second-order valence-corrected chi connectivity index (χ2v) is 9.77. The van der Waals surface area contributed by atoms with Gasteiger partial charge in [0.05, 0.1) is 23.2 Å². The van der Waals surface area contributed by atoms with Crippen molar-refractivity contribution in [1.29, 1.82) is 0 Å². The molecule has 3 heterocycles. The third-order valence-corrected chi connectivity index (χ3v) is 7.02. The fourth-order valence-electron chi connectivity index (χ4n) is 5.48. The number of amides is 1. The van der Waals surface area contributed by atoms with E-state index < -0.39 is 11.7 Å². The molecule has 0 bridgehead atoms. The molecule has 1 aromatic carbocycles. The molecule has 2 fully saturated rings. The van der Waals surface area contributed by atoms with Crippen LogP contribution in [0.1, 0.15) is 50.9 Å². The van der Waals surface area contributed by atoms with Crippen molar-refractivity contribution in [2.45, 2.75) is 64.2 Å². The van der Waals surface area contributed by atoms with E-state index in [0.29, 0.717) is 17.4 Å². The lowest BCUT2D eigenvalue weighted by Gasteiger charge is -2.28. The number of halogens is 3. The van der Waals surface area contributed by atoms with Crippen molar-refractivity contribution in [3.8, 4) is 0 Å². The first-order valence-corrected chi connectivity index (χ1v) is 12.3. The number of aromatic nitrogens is 2. The molecule has 4 rings (SSSR count). The van der Waals surface area contributed by atoms with Gasteiger partial charge in [0.1, 0.15) is 11.3 Å². The number of rotatable bonds is 6. The number of H-pyrrole nitrogens is 1. The van der Waals surface area contributed by atoms with E-state index in [9.17, 15) is 22.8 Å². The molecule has 2 aliphatic rings. The van der Waals surface area contributed by atoms with Gasteiger partial charge in [-0.3, -0.25) is 14.5 Å². The van der Waals surface area contributed by atoms with Gasteiger partial charge in [0, 0.05) is 50.9 Å². The zero-order chi connectivity index (χ0) is 26.0. The standard InChI is InChI=1S/C25H33F3N6O2/c1-15(29)24(16(2)35)33-10-4-5-18(9-12-33)34-11-8-17(14-34)30-22(36)13-21-31-20-7-3-6-19(23(20)32-21)25(26,27)28/h3,6-7,17-18H,4-5,8-14,29H2,1-2H3,(H,30,36)(H,31,32). The third-order valence-electron chi connectivity index (χ3n) is 7.02. The predicted octanol–water partition coefficient (Wildman–Crippen LogP) is 2.95. The SMILES string of the molecule is CC(=O)C(=C(C)N)N1CCCC(N2CCC(NC(=O)Cc3nc4c(C(F)(F)F)cccc4[nH]3)C2)CC1. The normalized spacial score (nSPS) is 22.4. The molecule has 2 unspecified atom stereocenters. The highest BCUT2D eigenvalue weighted by Gasteiger charge is 2.34. The molecule has 2 aliphatic heterocycles. The summed E-state index contributed by atoms with van der Waals surface area (Å²) in [7, 11) is 0. The van der Waals surface area contributed by atoms with Crippen LogP contribution < -0.4 is 11.1 Å². The van der Waals surface area contributed by atoms with Crippen molar-refractivity contribution in [3.05, 3.63) is 41.0 Å². The molecule has 36 heavy (non-hydrogen) atoms. The fourth-order valence-corrected chi connectivity index (χ4v) is 5.48. The van der Waals surface area contributed by atoms with Gasteiger partial charge >= 0.3 is 6.18 Å². The number of nitrogens with one attached hydrogen (secondary N) is 2. The van der Waals surface area contributed by atoms with E-state index in [1.807, 2.05) is 0 Å². The van der Waals surface area contributed by atoms with Gasteiger partial charge in [0.15, 0.2) is 5.78 Å². The van der Waals surface area contributed by atoms with Crippen LogP contribution in [0.25, 0.3) is 11.0 Å². The molecule has 196 valence electrons. The zero-order valence-corrected chi connectivity index (χ0v) is 20.6. The Morgan fingerprint density at radius 1 is 1.17 bits per heavy atom. The molecule has 0 aliphatic carbocycles. The molecule has 0 radical (unpaired) electrons. The van der Waals surface area contributed by atoms with Gasteiger partial charge in [-0.2, -0.15) is 13.2 Å². The fraction of sp³-hybridized carbons (Fsp3) is 0.560. The number of imidazole rings is 1. The Bertz CT molecular complexity index is 1150. The first kappa shape index (κ1) is 26.0. The van der Waals surface area contributed by atoms with Crippen LogP contribution in [0, 0.1) is 0 Å². The minimum Gasteiger partial charge on any atom is -0.400 e. The number of carbonyl (C=O) groups excluding carboxylic acids is 2. The maximum Gasteiger partial charge on any atom is 0.418 e. The molecule has 11 heteroatoms. The van der Waals surface area contributed by atoms with Gasteiger partial charge in [0.2, 0.25) is 5.91 Å².